The lowest BCUT2D eigenvalue weighted by Gasteiger charge is -2.03. The zero-order chi connectivity index (χ0) is 7.40. The third kappa shape index (κ3) is 2.06. The molecule has 0 unspecified atom stereocenters. The van der Waals surface area contributed by atoms with Crippen molar-refractivity contribution in [2.75, 3.05) is 0 Å². The van der Waals surface area contributed by atoms with Gasteiger partial charge in [0.15, 0.2) is 0 Å². The maximum atomic E-state index is 3.92. The third-order valence-electron chi connectivity index (χ3n) is 1.46. The summed E-state index contributed by atoms with van der Waals surface area (Å²) < 4.78 is 0. The predicted octanol–water partition coefficient (Wildman–Crippen LogP) is 3.01. The Bertz CT molecular complexity index is 204. The fourth-order valence-electron chi connectivity index (χ4n) is 0.957. The molecule has 52 valence electrons. The quantitative estimate of drug-likeness (QED) is 0.444. The fourth-order valence-corrected chi connectivity index (χ4v) is 0.957. The van der Waals surface area contributed by atoms with E-state index in [1.165, 1.54) is 5.57 Å². The molecule has 0 amide bonds. The van der Waals surface area contributed by atoms with Crippen LogP contribution in [0, 0.1) is 0 Å². The number of allylic oxidation sites excluding steroid dienone is 6. The van der Waals surface area contributed by atoms with Gasteiger partial charge in [0.05, 0.1) is 0 Å². The fraction of sp³-hybridized carbons (Fsp3) is 0.200. The maximum absolute atomic E-state index is 3.92. The van der Waals surface area contributed by atoms with Crippen LogP contribution in [0.15, 0.2) is 48.6 Å². The van der Waals surface area contributed by atoms with E-state index in [1.807, 2.05) is 18.2 Å². The Balaban J connectivity index is 2.70. The van der Waals surface area contributed by atoms with Crippen molar-refractivity contribution >= 4 is 0 Å². The van der Waals surface area contributed by atoms with Gasteiger partial charge in [0.25, 0.3) is 0 Å². The smallest absolute Gasteiger partial charge is 0.00726 e. The normalized spacial score (nSPS) is 25.2. The van der Waals surface area contributed by atoms with Gasteiger partial charge in [-0.05, 0) is 12.8 Å². The zero-order valence-corrected chi connectivity index (χ0v) is 6.14. The van der Waals surface area contributed by atoms with Gasteiger partial charge in [-0.15, -0.1) is 0 Å². The van der Waals surface area contributed by atoms with Gasteiger partial charge >= 0.3 is 0 Å². The minimum Gasteiger partial charge on any atom is -0.0992 e. The largest absolute Gasteiger partial charge is 0.0992 e. The van der Waals surface area contributed by atoms with Crippen molar-refractivity contribution in [1.82, 2.24) is 0 Å². The first kappa shape index (κ1) is 7.07. The van der Waals surface area contributed by atoms with Crippen molar-refractivity contribution in [3.63, 3.8) is 0 Å². The summed E-state index contributed by atoms with van der Waals surface area (Å²) in [6, 6.07) is 0. The van der Waals surface area contributed by atoms with E-state index in [-0.39, 0.29) is 0 Å². The van der Waals surface area contributed by atoms with E-state index < -0.39 is 0 Å². The number of hydrogen-bond acceptors (Lipinski definition) is 0. The Morgan fingerprint density at radius 3 is 2.80 bits per heavy atom. The van der Waals surface area contributed by atoms with Crippen LogP contribution in [-0.2, 0) is 0 Å². The lowest BCUT2D eigenvalue weighted by atomic mass is 10.0. The molecule has 0 fully saturated rings. The summed E-state index contributed by atoms with van der Waals surface area (Å²) in [6.07, 6.45) is 10.1. The van der Waals surface area contributed by atoms with E-state index in [9.17, 15) is 0 Å². The summed E-state index contributed by atoms with van der Waals surface area (Å²) >= 11 is 0. The van der Waals surface area contributed by atoms with Crippen LogP contribution in [0.5, 0.6) is 0 Å². The van der Waals surface area contributed by atoms with Crippen molar-refractivity contribution in [1.29, 1.82) is 0 Å². The van der Waals surface area contributed by atoms with E-state index in [0.29, 0.717) is 0 Å². The molecule has 0 aromatic rings. The summed E-state index contributed by atoms with van der Waals surface area (Å²) in [4.78, 5) is 0. The van der Waals surface area contributed by atoms with Crippen LogP contribution >= 0.6 is 0 Å². The van der Waals surface area contributed by atoms with E-state index >= 15 is 0 Å². The van der Waals surface area contributed by atoms with Gasteiger partial charge in [0.2, 0.25) is 0 Å². The first-order chi connectivity index (χ1) is 4.79. The highest BCUT2D eigenvalue weighted by atomic mass is 14.0. The molecule has 0 spiro atoms. The van der Waals surface area contributed by atoms with Gasteiger partial charge in [-0.2, -0.15) is 0 Å². The summed E-state index contributed by atoms with van der Waals surface area (Å²) in [5.41, 5.74) is 2.39. The van der Waals surface area contributed by atoms with Crippen LogP contribution in [-0.4, -0.2) is 0 Å². The van der Waals surface area contributed by atoms with Gasteiger partial charge in [-0.1, -0.05) is 48.6 Å². The molecular weight excluding hydrogens is 120 g/mol. The molecule has 0 nitrogen and oxygen atoms in total. The minimum atomic E-state index is 0.945. The van der Waals surface area contributed by atoms with Gasteiger partial charge in [-0.25, -0.2) is 0 Å². The third-order valence-corrected chi connectivity index (χ3v) is 1.46. The highest BCUT2D eigenvalue weighted by molar-refractivity contribution is 5.27. The number of hydrogen-bond donors (Lipinski definition) is 0. The van der Waals surface area contributed by atoms with Gasteiger partial charge in [0.1, 0.15) is 0 Å². The highest BCUT2D eigenvalue weighted by Crippen LogP contribution is 2.14. The molecule has 1 rings (SSSR count). The summed E-state index contributed by atoms with van der Waals surface area (Å²) in [5.74, 6) is 0. The lowest BCUT2D eigenvalue weighted by molar-refractivity contribution is 1.08. The molecule has 1 aliphatic rings. The van der Waals surface area contributed by atoms with Crippen LogP contribution in [0.1, 0.15) is 12.8 Å². The number of rotatable bonds is 0. The monoisotopic (exact) mass is 132 g/mol. The summed E-state index contributed by atoms with van der Waals surface area (Å²) in [6.45, 7) is 7.80. The van der Waals surface area contributed by atoms with E-state index in [1.54, 1.807) is 0 Å². The Kier molecular flexibility index (Phi) is 2.27. The van der Waals surface area contributed by atoms with Crippen LogP contribution in [0.25, 0.3) is 0 Å². The van der Waals surface area contributed by atoms with Gasteiger partial charge < -0.3 is 0 Å². The second kappa shape index (κ2) is 3.21. The minimum absolute atomic E-state index is 0.945. The summed E-state index contributed by atoms with van der Waals surface area (Å²) in [5, 5.41) is 0. The molecule has 0 N–H and O–H groups in total. The SMILES string of the molecule is C=C1/C=C\C=C/CC(=C)C1. The van der Waals surface area contributed by atoms with Crippen LogP contribution < -0.4 is 0 Å². The maximum Gasteiger partial charge on any atom is -0.00726 e. The first-order valence-electron chi connectivity index (χ1n) is 3.46. The van der Waals surface area contributed by atoms with Crippen LogP contribution in [0.2, 0.25) is 0 Å². The molecule has 0 saturated carbocycles. The predicted molar refractivity (Wildman–Crippen MR) is 45.8 cm³/mol. The average Bonchev–Trinajstić information content (AvgIpc) is 1.83. The van der Waals surface area contributed by atoms with Gasteiger partial charge in [-0.3, -0.25) is 0 Å². The van der Waals surface area contributed by atoms with Crippen LogP contribution in [0.4, 0.5) is 0 Å². The van der Waals surface area contributed by atoms with E-state index in [2.05, 4.69) is 19.2 Å². The highest BCUT2D eigenvalue weighted by Gasteiger charge is 1.94. The molecule has 0 heteroatoms. The first-order valence-corrected chi connectivity index (χ1v) is 3.46. The second-order valence-electron chi connectivity index (χ2n) is 2.58. The molecule has 0 radical (unpaired) electrons. The zero-order valence-electron chi connectivity index (χ0n) is 6.14. The molecule has 0 aromatic heterocycles. The van der Waals surface area contributed by atoms with Crippen molar-refractivity contribution < 1.29 is 0 Å². The summed E-state index contributed by atoms with van der Waals surface area (Å²) in [7, 11) is 0. The standard InChI is InChI=1S/C10H12/c1-9-6-4-3-5-7-10(2)8-9/h3-6H,1-2,7-8H2/b5-3-,6-4-. The Morgan fingerprint density at radius 2 is 2.00 bits per heavy atom. The molecule has 10 heavy (non-hydrogen) atoms. The van der Waals surface area contributed by atoms with Crippen molar-refractivity contribution in [2.45, 2.75) is 12.8 Å². The topological polar surface area (TPSA) is 0 Å². The Morgan fingerprint density at radius 1 is 1.20 bits per heavy atom. The second-order valence-corrected chi connectivity index (χ2v) is 2.58. The molecule has 0 aromatic carbocycles. The van der Waals surface area contributed by atoms with Crippen molar-refractivity contribution in [2.24, 2.45) is 0 Å². The van der Waals surface area contributed by atoms with Gasteiger partial charge in [0, 0.05) is 0 Å². The molecule has 0 saturated heterocycles. The molecular formula is C10H12. The molecule has 0 atom stereocenters. The average molecular weight is 132 g/mol. The molecule has 1 aliphatic carbocycles. The molecule has 0 heterocycles. The van der Waals surface area contributed by atoms with Crippen LogP contribution in [0.3, 0.4) is 0 Å². The van der Waals surface area contributed by atoms with E-state index in [0.717, 1.165) is 18.4 Å². The van der Waals surface area contributed by atoms with Crippen molar-refractivity contribution in [3.05, 3.63) is 48.6 Å². The Labute approximate surface area is 62.3 Å². The molecule has 0 aliphatic heterocycles. The molecule has 0 bridgehead atoms. The Hall–Kier alpha value is -1.04. The lowest BCUT2D eigenvalue weighted by Crippen LogP contribution is -1.83. The van der Waals surface area contributed by atoms with E-state index in [4.69, 9.17) is 0 Å². The van der Waals surface area contributed by atoms with Crippen molar-refractivity contribution in [3.8, 4) is 0 Å².